The van der Waals surface area contributed by atoms with Crippen LogP contribution in [0.4, 0.5) is 0 Å². The highest BCUT2D eigenvalue weighted by molar-refractivity contribution is 6.99. The molecule has 1 saturated carbocycles. The molecule has 0 aromatic carbocycles. The summed E-state index contributed by atoms with van der Waals surface area (Å²) in [6.07, 6.45) is 7.96. The maximum Gasteiger partial charge on any atom is 0.272 e. The highest BCUT2D eigenvalue weighted by Gasteiger charge is 2.15. The van der Waals surface area contributed by atoms with Crippen molar-refractivity contribution >= 4 is 17.6 Å². The summed E-state index contributed by atoms with van der Waals surface area (Å²) in [6.45, 7) is 0.788. The molecule has 0 atom stereocenters. The van der Waals surface area contributed by atoms with Crippen molar-refractivity contribution in [3.63, 3.8) is 0 Å². The lowest BCUT2D eigenvalue weighted by Crippen LogP contribution is -2.30. The molecule has 1 heterocycles. The van der Waals surface area contributed by atoms with Gasteiger partial charge in [-0.05, 0) is 18.8 Å². The van der Waals surface area contributed by atoms with Crippen molar-refractivity contribution in [2.45, 2.75) is 32.1 Å². The van der Waals surface area contributed by atoms with Crippen LogP contribution >= 0.6 is 11.7 Å². The first-order chi connectivity index (χ1) is 7.36. The van der Waals surface area contributed by atoms with Crippen molar-refractivity contribution in [2.24, 2.45) is 5.92 Å². The number of amides is 1. The smallest absolute Gasteiger partial charge is 0.272 e. The van der Waals surface area contributed by atoms with E-state index in [0.717, 1.165) is 18.3 Å². The van der Waals surface area contributed by atoms with Gasteiger partial charge in [0.25, 0.3) is 5.91 Å². The number of aromatic nitrogens is 2. The fourth-order valence-corrected chi connectivity index (χ4v) is 2.40. The van der Waals surface area contributed by atoms with Crippen LogP contribution in [0.5, 0.6) is 0 Å². The molecule has 0 spiro atoms. The fraction of sp³-hybridized carbons (Fsp3) is 0.700. The molecule has 1 amide bonds. The van der Waals surface area contributed by atoms with Crippen LogP contribution < -0.4 is 5.32 Å². The number of hydrogen-bond acceptors (Lipinski definition) is 4. The minimum atomic E-state index is -0.0886. The summed E-state index contributed by atoms with van der Waals surface area (Å²) >= 11 is 1.07. The predicted molar refractivity (Wildman–Crippen MR) is 58.8 cm³/mol. The lowest BCUT2D eigenvalue weighted by Gasteiger charge is -2.21. The van der Waals surface area contributed by atoms with E-state index in [9.17, 15) is 4.79 Å². The Morgan fingerprint density at radius 1 is 1.47 bits per heavy atom. The van der Waals surface area contributed by atoms with E-state index in [4.69, 9.17) is 0 Å². The van der Waals surface area contributed by atoms with Crippen molar-refractivity contribution in [1.82, 2.24) is 14.1 Å². The van der Waals surface area contributed by atoms with Gasteiger partial charge in [0.1, 0.15) is 0 Å². The number of nitrogens with one attached hydrogen (secondary N) is 1. The zero-order valence-corrected chi connectivity index (χ0v) is 9.42. The molecule has 1 aromatic rings. The van der Waals surface area contributed by atoms with Crippen LogP contribution in [0.2, 0.25) is 0 Å². The van der Waals surface area contributed by atoms with Crippen LogP contribution in [0, 0.1) is 5.92 Å². The molecular formula is C10H15N3OS. The monoisotopic (exact) mass is 225 g/mol. The summed E-state index contributed by atoms with van der Waals surface area (Å²) in [5.74, 6) is 0.573. The third-order valence-electron chi connectivity index (χ3n) is 2.87. The summed E-state index contributed by atoms with van der Waals surface area (Å²) in [5, 5.41) is 2.92. The lowest BCUT2D eigenvalue weighted by atomic mass is 9.89. The molecule has 1 fully saturated rings. The molecule has 1 N–H and O–H groups in total. The number of carbonyl (C=O) groups excluding carboxylic acids is 1. The van der Waals surface area contributed by atoms with Gasteiger partial charge in [0.15, 0.2) is 5.69 Å². The van der Waals surface area contributed by atoms with Crippen LogP contribution in [0.15, 0.2) is 6.20 Å². The molecule has 0 saturated heterocycles. The third-order valence-corrected chi connectivity index (χ3v) is 3.35. The topological polar surface area (TPSA) is 54.9 Å². The molecule has 0 unspecified atom stereocenters. The molecule has 1 aromatic heterocycles. The highest BCUT2D eigenvalue weighted by atomic mass is 32.1. The summed E-state index contributed by atoms with van der Waals surface area (Å²) in [6, 6.07) is 0. The van der Waals surface area contributed by atoms with Crippen molar-refractivity contribution in [1.29, 1.82) is 0 Å². The number of carbonyl (C=O) groups is 1. The second kappa shape index (κ2) is 5.21. The predicted octanol–water partition coefficient (Wildman–Crippen LogP) is 1.85. The molecule has 0 radical (unpaired) electrons. The molecule has 82 valence electrons. The summed E-state index contributed by atoms with van der Waals surface area (Å²) in [4.78, 5) is 11.5. The van der Waals surface area contributed by atoms with Gasteiger partial charge in [0, 0.05) is 6.54 Å². The number of rotatable bonds is 3. The normalized spacial score (nSPS) is 17.6. The lowest BCUT2D eigenvalue weighted by molar-refractivity contribution is 0.0939. The Morgan fingerprint density at radius 2 is 2.27 bits per heavy atom. The molecule has 4 nitrogen and oxygen atoms in total. The van der Waals surface area contributed by atoms with Gasteiger partial charge < -0.3 is 5.32 Å². The van der Waals surface area contributed by atoms with E-state index in [1.807, 2.05) is 0 Å². The maximum atomic E-state index is 11.5. The molecule has 5 heteroatoms. The van der Waals surface area contributed by atoms with E-state index in [0.29, 0.717) is 11.6 Å². The Balaban J connectivity index is 1.75. The van der Waals surface area contributed by atoms with Crippen LogP contribution in [-0.4, -0.2) is 21.2 Å². The molecule has 0 bridgehead atoms. The minimum absolute atomic E-state index is 0.0886. The van der Waals surface area contributed by atoms with Gasteiger partial charge >= 0.3 is 0 Å². The second-order valence-corrected chi connectivity index (χ2v) is 4.56. The van der Waals surface area contributed by atoms with Gasteiger partial charge in [-0.3, -0.25) is 4.79 Å². The maximum absolute atomic E-state index is 11.5. The molecule has 1 aliphatic carbocycles. The Labute approximate surface area is 93.4 Å². The summed E-state index contributed by atoms with van der Waals surface area (Å²) < 4.78 is 7.71. The van der Waals surface area contributed by atoms with Crippen LogP contribution in [0.1, 0.15) is 42.6 Å². The second-order valence-electron chi connectivity index (χ2n) is 4.01. The SMILES string of the molecule is O=C(NCC1CCCCC1)c1cnsn1. The number of nitrogens with zero attached hydrogens (tertiary/aromatic N) is 2. The molecule has 0 aliphatic heterocycles. The Bertz CT molecular complexity index is 306. The van der Waals surface area contributed by atoms with Gasteiger partial charge in [0.05, 0.1) is 17.9 Å². The Morgan fingerprint density at radius 3 is 2.93 bits per heavy atom. The average molecular weight is 225 g/mol. The van der Waals surface area contributed by atoms with Crippen molar-refractivity contribution < 1.29 is 4.79 Å². The molecular weight excluding hydrogens is 210 g/mol. The zero-order valence-electron chi connectivity index (χ0n) is 8.61. The van der Waals surface area contributed by atoms with Gasteiger partial charge in [-0.25, -0.2) is 0 Å². The first-order valence-corrected chi connectivity index (χ1v) is 6.15. The average Bonchev–Trinajstić information content (AvgIpc) is 2.81. The van der Waals surface area contributed by atoms with Crippen molar-refractivity contribution in [2.75, 3.05) is 6.54 Å². The van der Waals surface area contributed by atoms with E-state index >= 15 is 0 Å². The van der Waals surface area contributed by atoms with E-state index < -0.39 is 0 Å². The number of hydrogen-bond donors (Lipinski definition) is 1. The molecule has 15 heavy (non-hydrogen) atoms. The quantitative estimate of drug-likeness (QED) is 0.854. The van der Waals surface area contributed by atoms with Gasteiger partial charge in [-0.2, -0.15) is 8.75 Å². The van der Waals surface area contributed by atoms with Crippen LogP contribution in [0.3, 0.4) is 0 Å². The first kappa shape index (κ1) is 10.5. The van der Waals surface area contributed by atoms with Gasteiger partial charge in [-0.15, -0.1) is 0 Å². The van der Waals surface area contributed by atoms with E-state index in [-0.39, 0.29) is 5.91 Å². The van der Waals surface area contributed by atoms with E-state index in [2.05, 4.69) is 14.1 Å². The Kier molecular flexibility index (Phi) is 3.66. The zero-order chi connectivity index (χ0) is 10.5. The van der Waals surface area contributed by atoms with Crippen LogP contribution in [-0.2, 0) is 0 Å². The van der Waals surface area contributed by atoms with E-state index in [1.165, 1.54) is 38.3 Å². The minimum Gasteiger partial charge on any atom is -0.350 e. The third kappa shape index (κ3) is 2.99. The standard InChI is InChI=1S/C10H15N3OS/c14-10(9-7-12-15-13-9)11-6-8-4-2-1-3-5-8/h7-8H,1-6H2,(H,11,14). The van der Waals surface area contributed by atoms with Gasteiger partial charge in [-0.1, -0.05) is 19.3 Å². The van der Waals surface area contributed by atoms with Crippen molar-refractivity contribution in [3.8, 4) is 0 Å². The fourth-order valence-electron chi connectivity index (χ4n) is 1.98. The Hall–Kier alpha value is -0.970. The van der Waals surface area contributed by atoms with E-state index in [1.54, 1.807) is 0 Å². The summed E-state index contributed by atoms with van der Waals surface area (Å²) in [7, 11) is 0. The van der Waals surface area contributed by atoms with Gasteiger partial charge in [0.2, 0.25) is 0 Å². The van der Waals surface area contributed by atoms with Crippen molar-refractivity contribution in [3.05, 3.63) is 11.9 Å². The molecule has 2 rings (SSSR count). The molecule has 1 aliphatic rings. The summed E-state index contributed by atoms with van der Waals surface area (Å²) in [5.41, 5.74) is 0.441. The largest absolute Gasteiger partial charge is 0.350 e. The highest BCUT2D eigenvalue weighted by Crippen LogP contribution is 2.22. The first-order valence-electron chi connectivity index (χ1n) is 5.42. The van der Waals surface area contributed by atoms with Crippen LogP contribution in [0.25, 0.3) is 0 Å².